The molecular formula is C18H32N2O5Si. The summed E-state index contributed by atoms with van der Waals surface area (Å²) in [4.78, 5) is 26.0. The first-order valence-corrected chi connectivity index (χ1v) is 12.1. The second-order valence-corrected chi connectivity index (χ2v) is 13.5. The van der Waals surface area contributed by atoms with E-state index in [-0.39, 0.29) is 17.7 Å². The maximum atomic E-state index is 12.2. The van der Waals surface area contributed by atoms with Gasteiger partial charge in [0.2, 0.25) is 0 Å². The van der Waals surface area contributed by atoms with Gasteiger partial charge in [-0.1, -0.05) is 20.8 Å². The number of aliphatic hydroxyl groups excluding tert-OH is 1. The summed E-state index contributed by atoms with van der Waals surface area (Å²) in [6.07, 6.45) is 1.92. The third kappa shape index (κ3) is 4.54. The fourth-order valence-corrected chi connectivity index (χ4v) is 4.01. The molecule has 2 N–H and O–H groups in total. The molecule has 26 heavy (non-hydrogen) atoms. The van der Waals surface area contributed by atoms with Crippen LogP contribution in [0.2, 0.25) is 18.1 Å². The average molecular weight is 385 g/mol. The first kappa shape index (κ1) is 21.1. The molecule has 0 aliphatic carbocycles. The molecule has 0 amide bonds. The van der Waals surface area contributed by atoms with Crippen LogP contribution in [0, 0.1) is 6.92 Å². The molecule has 2 rings (SSSR count). The standard InChI is InChI=1S/C18H32N2O5Si/c1-12-10-20(17(23)19-16(12)22)15-13(21)11-24-14(15)8-7-9-25-26(5,6)18(2,3)4/h10,13-15,21H,7-9,11H2,1-6H3,(H,19,22,23)/t13-,14+,15+/m1/s1. The average Bonchev–Trinajstić information content (AvgIpc) is 2.87. The Morgan fingerprint density at radius 2 is 2.04 bits per heavy atom. The minimum absolute atomic E-state index is 0.163. The molecule has 1 saturated heterocycles. The van der Waals surface area contributed by atoms with E-state index in [0.29, 0.717) is 18.6 Å². The van der Waals surface area contributed by atoms with Gasteiger partial charge in [0.25, 0.3) is 5.56 Å². The SMILES string of the molecule is Cc1cn([C@H]2[C@H](O)CO[C@H]2CCCO[Si](C)(C)C(C)(C)C)c(=O)[nH]c1=O. The molecular weight excluding hydrogens is 352 g/mol. The van der Waals surface area contributed by atoms with Gasteiger partial charge in [0.05, 0.1) is 18.8 Å². The van der Waals surface area contributed by atoms with Gasteiger partial charge in [0, 0.05) is 18.4 Å². The number of aromatic nitrogens is 2. The lowest BCUT2D eigenvalue weighted by atomic mass is 10.0. The molecule has 1 aromatic rings. The minimum Gasteiger partial charge on any atom is -0.417 e. The van der Waals surface area contributed by atoms with E-state index < -0.39 is 31.7 Å². The number of hydrogen-bond acceptors (Lipinski definition) is 5. The van der Waals surface area contributed by atoms with Crippen molar-refractivity contribution in [3.8, 4) is 0 Å². The van der Waals surface area contributed by atoms with Crippen LogP contribution >= 0.6 is 0 Å². The number of aryl methyl sites for hydroxylation is 1. The Morgan fingerprint density at radius 1 is 1.38 bits per heavy atom. The number of nitrogens with one attached hydrogen (secondary N) is 1. The summed E-state index contributed by atoms with van der Waals surface area (Å²) < 4.78 is 13.3. The zero-order valence-corrected chi connectivity index (χ0v) is 17.7. The van der Waals surface area contributed by atoms with Gasteiger partial charge < -0.3 is 14.3 Å². The largest absolute Gasteiger partial charge is 0.417 e. The Morgan fingerprint density at radius 3 is 2.65 bits per heavy atom. The lowest BCUT2D eigenvalue weighted by Gasteiger charge is -2.36. The normalized spacial score (nSPS) is 24.2. The number of H-pyrrole nitrogens is 1. The predicted octanol–water partition coefficient (Wildman–Crippen LogP) is 1.95. The van der Waals surface area contributed by atoms with Crippen LogP contribution in [-0.2, 0) is 9.16 Å². The van der Waals surface area contributed by atoms with E-state index in [9.17, 15) is 14.7 Å². The summed E-state index contributed by atoms with van der Waals surface area (Å²) >= 11 is 0. The molecule has 0 bridgehead atoms. The number of nitrogens with zero attached hydrogens (tertiary/aromatic N) is 1. The smallest absolute Gasteiger partial charge is 0.328 e. The topological polar surface area (TPSA) is 93.6 Å². The monoisotopic (exact) mass is 384 g/mol. The third-order valence-corrected chi connectivity index (χ3v) is 10.2. The Hall–Kier alpha value is -1.22. The zero-order chi connectivity index (χ0) is 19.7. The van der Waals surface area contributed by atoms with E-state index in [2.05, 4.69) is 38.8 Å². The zero-order valence-electron chi connectivity index (χ0n) is 16.7. The predicted molar refractivity (Wildman–Crippen MR) is 103 cm³/mol. The van der Waals surface area contributed by atoms with Crippen LogP contribution in [0.4, 0.5) is 0 Å². The molecule has 3 atom stereocenters. The van der Waals surface area contributed by atoms with Crippen LogP contribution in [0.3, 0.4) is 0 Å². The molecule has 1 fully saturated rings. The number of ether oxygens (including phenoxy) is 1. The molecule has 0 saturated carbocycles. The molecule has 0 radical (unpaired) electrons. The molecule has 1 aromatic heterocycles. The number of hydrogen-bond donors (Lipinski definition) is 2. The van der Waals surface area contributed by atoms with Crippen molar-refractivity contribution in [2.45, 2.75) is 76.9 Å². The second-order valence-electron chi connectivity index (χ2n) is 8.66. The second kappa shape index (κ2) is 7.80. The van der Waals surface area contributed by atoms with E-state index in [1.807, 2.05) is 0 Å². The molecule has 0 aromatic carbocycles. The lowest BCUT2D eigenvalue weighted by Crippen LogP contribution is -2.41. The number of aliphatic hydroxyl groups is 1. The summed E-state index contributed by atoms with van der Waals surface area (Å²) in [5.41, 5.74) is -0.486. The van der Waals surface area contributed by atoms with E-state index in [4.69, 9.17) is 9.16 Å². The van der Waals surface area contributed by atoms with Crippen molar-refractivity contribution < 1.29 is 14.3 Å². The maximum absolute atomic E-state index is 12.2. The van der Waals surface area contributed by atoms with Crippen molar-refractivity contribution in [1.29, 1.82) is 0 Å². The van der Waals surface area contributed by atoms with Crippen LogP contribution in [0.5, 0.6) is 0 Å². The van der Waals surface area contributed by atoms with E-state index in [1.165, 1.54) is 10.8 Å². The van der Waals surface area contributed by atoms with Crippen molar-refractivity contribution in [2.24, 2.45) is 0 Å². The fraction of sp³-hybridized carbons (Fsp3) is 0.778. The molecule has 8 heteroatoms. The van der Waals surface area contributed by atoms with Crippen LogP contribution in [-0.4, -0.2) is 48.4 Å². The third-order valence-electron chi connectivity index (χ3n) is 5.63. The molecule has 0 unspecified atom stereocenters. The quantitative estimate of drug-likeness (QED) is 0.577. The Balaban J connectivity index is 2.03. The first-order chi connectivity index (χ1) is 11.9. The van der Waals surface area contributed by atoms with Gasteiger partial charge in [0.1, 0.15) is 6.10 Å². The highest BCUT2D eigenvalue weighted by atomic mass is 28.4. The van der Waals surface area contributed by atoms with Gasteiger partial charge in [-0.05, 0) is 37.9 Å². The molecule has 7 nitrogen and oxygen atoms in total. The Labute approximate surface area is 155 Å². The fourth-order valence-electron chi connectivity index (χ4n) is 2.92. The van der Waals surface area contributed by atoms with Crippen molar-refractivity contribution in [3.63, 3.8) is 0 Å². The van der Waals surface area contributed by atoms with Gasteiger partial charge in [-0.15, -0.1) is 0 Å². The van der Waals surface area contributed by atoms with Crippen molar-refractivity contribution in [2.75, 3.05) is 13.2 Å². The van der Waals surface area contributed by atoms with Gasteiger partial charge in [-0.3, -0.25) is 14.3 Å². The minimum atomic E-state index is -1.78. The van der Waals surface area contributed by atoms with Crippen molar-refractivity contribution in [1.82, 2.24) is 9.55 Å². The van der Waals surface area contributed by atoms with Crippen molar-refractivity contribution >= 4 is 8.32 Å². The summed E-state index contributed by atoms with van der Waals surface area (Å²) in [5, 5.41) is 10.5. The Kier molecular flexibility index (Phi) is 6.32. The summed E-state index contributed by atoms with van der Waals surface area (Å²) in [6, 6.07) is -0.495. The summed E-state index contributed by atoms with van der Waals surface area (Å²) in [6.45, 7) is 13.5. The molecule has 0 spiro atoms. The van der Waals surface area contributed by atoms with Crippen LogP contribution < -0.4 is 11.2 Å². The van der Waals surface area contributed by atoms with Gasteiger partial charge in [-0.25, -0.2) is 4.79 Å². The van der Waals surface area contributed by atoms with E-state index in [1.54, 1.807) is 6.92 Å². The highest BCUT2D eigenvalue weighted by Gasteiger charge is 2.39. The van der Waals surface area contributed by atoms with Gasteiger partial charge >= 0.3 is 5.69 Å². The molecule has 148 valence electrons. The molecule has 2 heterocycles. The molecule has 1 aliphatic rings. The number of rotatable bonds is 6. The highest BCUT2D eigenvalue weighted by Crippen LogP contribution is 2.37. The van der Waals surface area contributed by atoms with Crippen molar-refractivity contribution in [3.05, 3.63) is 32.6 Å². The number of aromatic amines is 1. The summed E-state index contributed by atoms with van der Waals surface area (Å²) in [7, 11) is -1.78. The first-order valence-electron chi connectivity index (χ1n) is 9.20. The van der Waals surface area contributed by atoms with Crippen LogP contribution in [0.15, 0.2) is 15.8 Å². The van der Waals surface area contributed by atoms with E-state index >= 15 is 0 Å². The molecule has 1 aliphatic heterocycles. The van der Waals surface area contributed by atoms with Gasteiger partial charge in [-0.2, -0.15) is 0 Å². The highest BCUT2D eigenvalue weighted by molar-refractivity contribution is 6.74. The lowest BCUT2D eigenvalue weighted by molar-refractivity contribution is 0.0752. The van der Waals surface area contributed by atoms with Crippen LogP contribution in [0.25, 0.3) is 0 Å². The summed E-state index contributed by atoms with van der Waals surface area (Å²) in [5.74, 6) is 0. The van der Waals surface area contributed by atoms with E-state index in [0.717, 1.165) is 6.42 Å². The maximum Gasteiger partial charge on any atom is 0.328 e. The Bertz CT molecular complexity index is 734. The van der Waals surface area contributed by atoms with Crippen LogP contribution in [0.1, 0.15) is 45.2 Å². The van der Waals surface area contributed by atoms with Gasteiger partial charge in [0.15, 0.2) is 8.32 Å².